The van der Waals surface area contributed by atoms with E-state index in [1.165, 1.54) is 17.1 Å². The van der Waals surface area contributed by atoms with E-state index in [4.69, 9.17) is 5.11 Å². The summed E-state index contributed by atoms with van der Waals surface area (Å²) in [6, 6.07) is 7.49. The summed E-state index contributed by atoms with van der Waals surface area (Å²) in [5.74, 6) is -1.21. The van der Waals surface area contributed by atoms with Gasteiger partial charge in [-0.25, -0.2) is 0 Å². The van der Waals surface area contributed by atoms with E-state index in [9.17, 15) is 9.59 Å². The number of halogens is 1. The molecule has 0 fully saturated rings. The molecule has 3 rings (SSSR count). The maximum Gasteiger partial charge on any atom is 0.305 e. The van der Waals surface area contributed by atoms with Gasteiger partial charge in [0.05, 0.1) is 41.9 Å². The van der Waals surface area contributed by atoms with Crippen LogP contribution in [0.25, 0.3) is 0 Å². The number of aromatic nitrogens is 4. The average molecular weight is 418 g/mol. The Morgan fingerprint density at radius 1 is 1.15 bits per heavy atom. The number of amides is 1. The Bertz CT molecular complexity index is 934. The third kappa shape index (κ3) is 4.79. The zero-order valence-corrected chi connectivity index (χ0v) is 15.3. The molecule has 8 nitrogen and oxygen atoms in total. The van der Waals surface area contributed by atoms with Crippen LogP contribution in [0.2, 0.25) is 0 Å². The number of rotatable bonds is 7. The van der Waals surface area contributed by atoms with Crippen molar-refractivity contribution in [1.29, 1.82) is 0 Å². The minimum Gasteiger partial charge on any atom is -0.481 e. The first kappa shape index (κ1) is 17.9. The maximum atomic E-state index is 12.3. The van der Waals surface area contributed by atoms with Crippen LogP contribution < -0.4 is 5.32 Å². The number of aryl methyl sites for hydroxylation is 1. The lowest BCUT2D eigenvalue weighted by Crippen LogP contribution is -2.12. The van der Waals surface area contributed by atoms with Crippen molar-refractivity contribution in [2.75, 3.05) is 5.32 Å². The van der Waals surface area contributed by atoms with Crippen molar-refractivity contribution in [3.8, 4) is 0 Å². The van der Waals surface area contributed by atoms with Crippen LogP contribution in [0.3, 0.4) is 0 Å². The smallest absolute Gasteiger partial charge is 0.305 e. The Hall–Kier alpha value is -2.94. The molecule has 2 aromatic heterocycles. The molecule has 0 spiro atoms. The lowest BCUT2D eigenvalue weighted by molar-refractivity contribution is -0.137. The molecule has 0 atom stereocenters. The highest BCUT2D eigenvalue weighted by atomic mass is 79.9. The Labute approximate surface area is 157 Å². The fraction of sp³-hybridized carbons (Fsp3) is 0.176. The number of carbonyl (C=O) groups is 2. The quantitative estimate of drug-likeness (QED) is 0.614. The first-order chi connectivity index (χ1) is 12.5. The van der Waals surface area contributed by atoms with Crippen LogP contribution in [-0.4, -0.2) is 36.5 Å². The summed E-state index contributed by atoms with van der Waals surface area (Å²) >= 11 is 3.36. The van der Waals surface area contributed by atoms with Gasteiger partial charge < -0.3 is 10.4 Å². The van der Waals surface area contributed by atoms with Crippen molar-refractivity contribution in [2.24, 2.45) is 0 Å². The van der Waals surface area contributed by atoms with Crippen molar-refractivity contribution in [1.82, 2.24) is 19.6 Å². The third-order valence-corrected chi connectivity index (χ3v) is 3.99. The van der Waals surface area contributed by atoms with Crippen LogP contribution in [0, 0.1) is 0 Å². The lowest BCUT2D eigenvalue weighted by Gasteiger charge is -2.07. The van der Waals surface area contributed by atoms with E-state index in [0.717, 1.165) is 10.0 Å². The number of carbonyl (C=O) groups excluding carboxylic acids is 1. The standard InChI is InChI=1S/C17H16BrN5O3/c18-14-8-20-23(11-14)9-12-2-1-3-15(6-12)21-17(26)13-7-19-22(10-13)5-4-16(24)25/h1-3,6-8,10-11H,4-5,9H2,(H,21,26)(H,24,25). The number of carboxylic acid groups (broad SMARTS) is 1. The minimum absolute atomic E-state index is 0.0473. The molecule has 134 valence electrons. The van der Waals surface area contributed by atoms with Crippen LogP contribution in [0.15, 0.2) is 53.5 Å². The van der Waals surface area contributed by atoms with Crippen molar-refractivity contribution in [3.63, 3.8) is 0 Å². The maximum absolute atomic E-state index is 12.3. The second-order valence-corrected chi connectivity index (χ2v) is 6.56. The third-order valence-electron chi connectivity index (χ3n) is 3.58. The molecule has 0 aliphatic carbocycles. The number of nitrogens with one attached hydrogen (secondary N) is 1. The van der Waals surface area contributed by atoms with Crippen molar-refractivity contribution < 1.29 is 14.7 Å². The van der Waals surface area contributed by atoms with Gasteiger partial charge in [0.15, 0.2) is 0 Å². The van der Waals surface area contributed by atoms with Gasteiger partial charge in [-0.2, -0.15) is 10.2 Å². The molecule has 3 aromatic rings. The molecule has 0 aliphatic rings. The lowest BCUT2D eigenvalue weighted by atomic mass is 10.2. The normalized spacial score (nSPS) is 10.7. The molecule has 26 heavy (non-hydrogen) atoms. The summed E-state index contributed by atoms with van der Waals surface area (Å²) in [6.07, 6.45) is 6.49. The van der Waals surface area contributed by atoms with Gasteiger partial charge in [-0.05, 0) is 33.6 Å². The monoisotopic (exact) mass is 417 g/mol. The first-order valence-corrected chi connectivity index (χ1v) is 8.61. The number of benzene rings is 1. The molecule has 0 saturated heterocycles. The zero-order chi connectivity index (χ0) is 18.5. The molecule has 1 amide bonds. The van der Waals surface area contributed by atoms with E-state index in [2.05, 4.69) is 31.4 Å². The second-order valence-electron chi connectivity index (χ2n) is 5.65. The number of anilines is 1. The first-order valence-electron chi connectivity index (χ1n) is 7.82. The SMILES string of the molecule is O=C(O)CCn1cc(C(=O)Nc2cccc(Cn3cc(Br)cn3)c2)cn1. The van der Waals surface area contributed by atoms with Gasteiger partial charge in [0.2, 0.25) is 0 Å². The van der Waals surface area contributed by atoms with Crippen LogP contribution >= 0.6 is 15.9 Å². The van der Waals surface area contributed by atoms with Gasteiger partial charge in [0, 0.05) is 18.1 Å². The van der Waals surface area contributed by atoms with Crippen molar-refractivity contribution >= 4 is 33.5 Å². The largest absolute Gasteiger partial charge is 0.481 e. The molecule has 0 aliphatic heterocycles. The van der Waals surface area contributed by atoms with Crippen LogP contribution in [-0.2, 0) is 17.9 Å². The van der Waals surface area contributed by atoms with E-state index < -0.39 is 5.97 Å². The van der Waals surface area contributed by atoms with Gasteiger partial charge in [0.25, 0.3) is 5.91 Å². The highest BCUT2D eigenvalue weighted by Gasteiger charge is 2.10. The van der Waals surface area contributed by atoms with Crippen LogP contribution in [0.5, 0.6) is 0 Å². The van der Waals surface area contributed by atoms with Crippen molar-refractivity contribution in [2.45, 2.75) is 19.5 Å². The number of hydrogen-bond acceptors (Lipinski definition) is 4. The van der Waals surface area contributed by atoms with Crippen LogP contribution in [0.4, 0.5) is 5.69 Å². The molecule has 0 saturated carbocycles. The Balaban J connectivity index is 1.64. The Morgan fingerprint density at radius 3 is 2.69 bits per heavy atom. The van der Waals surface area contributed by atoms with E-state index in [-0.39, 0.29) is 18.9 Å². The van der Waals surface area contributed by atoms with Gasteiger partial charge in [-0.1, -0.05) is 12.1 Å². The summed E-state index contributed by atoms with van der Waals surface area (Å²) in [6.45, 7) is 0.806. The fourth-order valence-electron chi connectivity index (χ4n) is 2.38. The van der Waals surface area contributed by atoms with E-state index >= 15 is 0 Å². The van der Waals surface area contributed by atoms with Gasteiger partial charge >= 0.3 is 5.97 Å². The zero-order valence-electron chi connectivity index (χ0n) is 13.7. The molecular weight excluding hydrogens is 402 g/mol. The fourth-order valence-corrected chi connectivity index (χ4v) is 2.70. The summed E-state index contributed by atoms with van der Waals surface area (Å²) in [5, 5.41) is 19.7. The predicted molar refractivity (Wildman–Crippen MR) is 97.9 cm³/mol. The Morgan fingerprint density at radius 2 is 1.96 bits per heavy atom. The topological polar surface area (TPSA) is 102 Å². The molecule has 2 heterocycles. The van der Waals surface area contributed by atoms with Gasteiger partial charge in [-0.15, -0.1) is 0 Å². The van der Waals surface area contributed by atoms with Crippen molar-refractivity contribution in [3.05, 3.63) is 64.7 Å². The summed E-state index contributed by atoms with van der Waals surface area (Å²) in [7, 11) is 0. The molecular formula is C17H16BrN5O3. The molecule has 0 unspecified atom stereocenters. The summed E-state index contributed by atoms with van der Waals surface area (Å²) in [4.78, 5) is 22.9. The molecule has 2 N–H and O–H groups in total. The highest BCUT2D eigenvalue weighted by Crippen LogP contribution is 2.14. The predicted octanol–water partition coefficient (Wildman–Crippen LogP) is 2.62. The van der Waals surface area contributed by atoms with E-state index in [1.807, 2.05) is 24.4 Å². The van der Waals surface area contributed by atoms with E-state index in [1.54, 1.807) is 16.9 Å². The highest BCUT2D eigenvalue weighted by molar-refractivity contribution is 9.10. The number of hydrogen-bond donors (Lipinski definition) is 2. The minimum atomic E-state index is -0.910. The number of carboxylic acids is 1. The molecule has 0 bridgehead atoms. The van der Waals surface area contributed by atoms with Crippen LogP contribution in [0.1, 0.15) is 22.3 Å². The number of aliphatic carboxylic acids is 1. The molecule has 0 radical (unpaired) electrons. The molecule has 1 aromatic carbocycles. The summed E-state index contributed by atoms with van der Waals surface area (Å²) in [5.41, 5.74) is 2.03. The van der Waals surface area contributed by atoms with Gasteiger partial charge in [0.1, 0.15) is 0 Å². The number of nitrogens with zero attached hydrogens (tertiary/aromatic N) is 4. The average Bonchev–Trinajstić information content (AvgIpc) is 3.22. The summed E-state index contributed by atoms with van der Waals surface area (Å²) < 4.78 is 4.13. The van der Waals surface area contributed by atoms with Gasteiger partial charge in [-0.3, -0.25) is 19.0 Å². The second kappa shape index (κ2) is 7.96. The Kier molecular flexibility index (Phi) is 5.47. The van der Waals surface area contributed by atoms with E-state index in [0.29, 0.717) is 17.8 Å². The molecule has 9 heteroatoms.